The molecule has 9 nitrogen and oxygen atoms in total. The quantitative estimate of drug-likeness (QED) is 0.456. The van der Waals surface area contributed by atoms with E-state index in [4.69, 9.17) is 9.84 Å². The molecule has 2 heterocycles. The van der Waals surface area contributed by atoms with Crippen molar-refractivity contribution in [1.29, 1.82) is 0 Å². The van der Waals surface area contributed by atoms with Gasteiger partial charge in [-0.25, -0.2) is 5.48 Å². The fourth-order valence-corrected chi connectivity index (χ4v) is 1.90. The summed E-state index contributed by atoms with van der Waals surface area (Å²) in [5.41, 5.74) is 1.88. The van der Waals surface area contributed by atoms with E-state index in [9.17, 15) is 15.0 Å². The van der Waals surface area contributed by atoms with Crippen LogP contribution in [0.4, 0.5) is 5.95 Å². The van der Waals surface area contributed by atoms with E-state index in [1.54, 1.807) is 0 Å². The van der Waals surface area contributed by atoms with Gasteiger partial charge >= 0.3 is 0 Å². The third kappa shape index (κ3) is 2.60. The second-order valence-electron chi connectivity index (χ2n) is 4.03. The van der Waals surface area contributed by atoms with E-state index in [1.165, 1.54) is 23.9 Å². The Morgan fingerprint density at radius 1 is 1.53 bits per heavy atom. The number of nitrogens with one attached hydrogen (secondary N) is 1. The molecule has 1 aromatic rings. The summed E-state index contributed by atoms with van der Waals surface area (Å²) in [5.74, 6) is 0.0184. The number of hydrogen-bond acceptors (Lipinski definition) is 8. The lowest BCUT2D eigenvalue weighted by atomic mass is 10.1. The maximum absolute atomic E-state index is 11.2. The van der Waals surface area contributed by atoms with Gasteiger partial charge in [0, 0.05) is 12.3 Å². The van der Waals surface area contributed by atoms with Gasteiger partial charge in [-0.3, -0.25) is 14.2 Å². The first-order chi connectivity index (χ1) is 9.08. The smallest absolute Gasteiger partial charge is 0.274 e. The fourth-order valence-electron chi connectivity index (χ4n) is 1.90. The Kier molecular flexibility index (Phi) is 4.12. The van der Waals surface area contributed by atoms with Crippen LogP contribution >= 0.6 is 0 Å². The molecule has 1 saturated heterocycles. The Morgan fingerprint density at radius 3 is 2.84 bits per heavy atom. The number of aliphatic hydroxyl groups is 3. The SMILES string of the molecule is CONc1nc(=O)ccn1[C@@H]1O[C@H](CO)[C@@H](O)[C@H]1O. The lowest BCUT2D eigenvalue weighted by molar-refractivity contribution is -0.0529. The van der Waals surface area contributed by atoms with Gasteiger partial charge in [-0.05, 0) is 0 Å². The number of anilines is 1. The van der Waals surface area contributed by atoms with E-state index in [-0.39, 0.29) is 5.95 Å². The zero-order valence-electron chi connectivity index (χ0n) is 10.1. The lowest BCUT2D eigenvalue weighted by Crippen LogP contribution is -2.33. The molecule has 9 heteroatoms. The van der Waals surface area contributed by atoms with Crippen molar-refractivity contribution in [1.82, 2.24) is 9.55 Å². The minimum Gasteiger partial charge on any atom is -0.394 e. The molecule has 0 unspecified atom stereocenters. The van der Waals surface area contributed by atoms with Gasteiger partial charge in [0.1, 0.15) is 18.3 Å². The Labute approximate surface area is 108 Å². The van der Waals surface area contributed by atoms with Crippen molar-refractivity contribution in [3.05, 3.63) is 22.6 Å². The van der Waals surface area contributed by atoms with E-state index in [0.717, 1.165) is 0 Å². The van der Waals surface area contributed by atoms with E-state index in [1.807, 2.05) is 0 Å². The number of hydrogen-bond donors (Lipinski definition) is 4. The predicted molar refractivity (Wildman–Crippen MR) is 62.1 cm³/mol. The third-order valence-electron chi connectivity index (χ3n) is 2.82. The van der Waals surface area contributed by atoms with Gasteiger partial charge in [0.05, 0.1) is 13.7 Å². The second-order valence-corrected chi connectivity index (χ2v) is 4.03. The maximum atomic E-state index is 11.2. The summed E-state index contributed by atoms with van der Waals surface area (Å²) >= 11 is 0. The summed E-state index contributed by atoms with van der Waals surface area (Å²) in [6.07, 6.45) is -3.05. The van der Waals surface area contributed by atoms with Crippen LogP contribution in [0.25, 0.3) is 0 Å². The summed E-state index contributed by atoms with van der Waals surface area (Å²) in [7, 11) is 1.33. The molecule has 0 saturated carbocycles. The molecule has 4 atom stereocenters. The molecule has 0 radical (unpaired) electrons. The van der Waals surface area contributed by atoms with Crippen molar-refractivity contribution in [3.63, 3.8) is 0 Å². The highest BCUT2D eigenvalue weighted by Gasteiger charge is 2.43. The largest absolute Gasteiger partial charge is 0.394 e. The Hall–Kier alpha value is -1.52. The zero-order valence-corrected chi connectivity index (χ0v) is 10.1. The van der Waals surface area contributed by atoms with E-state index >= 15 is 0 Å². The van der Waals surface area contributed by atoms with Crippen LogP contribution in [0.3, 0.4) is 0 Å². The highest BCUT2D eigenvalue weighted by molar-refractivity contribution is 5.22. The Balaban J connectivity index is 2.34. The van der Waals surface area contributed by atoms with Crippen LogP contribution in [0.5, 0.6) is 0 Å². The van der Waals surface area contributed by atoms with Crippen LogP contribution in [-0.4, -0.2) is 56.9 Å². The standard InChI is InChI=1S/C10H15N3O6/c1-18-12-10-11-6(15)2-3-13(10)9-8(17)7(16)5(4-14)19-9/h2-3,5,7-9,14,16-17H,4H2,1H3,(H,11,12,15)/t5-,7-,8-,9-/m1/s1. The van der Waals surface area contributed by atoms with Crippen molar-refractivity contribution >= 4 is 5.95 Å². The summed E-state index contributed by atoms with van der Waals surface area (Å²) in [6.45, 7) is -0.435. The molecule has 2 rings (SSSR count). The molecule has 0 bridgehead atoms. The minimum absolute atomic E-state index is 0.0184. The first-order valence-electron chi connectivity index (χ1n) is 5.59. The number of ether oxygens (including phenoxy) is 1. The van der Waals surface area contributed by atoms with Crippen LogP contribution < -0.4 is 11.0 Å². The van der Waals surface area contributed by atoms with Gasteiger partial charge in [-0.1, -0.05) is 0 Å². The van der Waals surface area contributed by atoms with Crippen LogP contribution in [0, 0.1) is 0 Å². The fraction of sp³-hybridized carbons (Fsp3) is 0.600. The average Bonchev–Trinajstić information content (AvgIpc) is 2.67. The first-order valence-corrected chi connectivity index (χ1v) is 5.59. The second kappa shape index (κ2) is 5.63. The van der Waals surface area contributed by atoms with Gasteiger partial charge in [0.25, 0.3) is 5.56 Å². The summed E-state index contributed by atoms with van der Waals surface area (Å²) in [5, 5.41) is 28.6. The van der Waals surface area contributed by atoms with Crippen LogP contribution in [-0.2, 0) is 9.57 Å². The molecule has 1 aromatic heterocycles. The maximum Gasteiger partial charge on any atom is 0.274 e. The molecular weight excluding hydrogens is 258 g/mol. The summed E-state index contributed by atoms with van der Waals surface area (Å²) in [4.78, 5) is 19.5. The molecule has 1 aliphatic rings. The Morgan fingerprint density at radius 2 is 2.26 bits per heavy atom. The predicted octanol–water partition coefficient (Wildman–Crippen LogP) is -2.17. The van der Waals surface area contributed by atoms with Crippen molar-refractivity contribution in [2.45, 2.75) is 24.5 Å². The highest BCUT2D eigenvalue weighted by atomic mass is 16.6. The van der Waals surface area contributed by atoms with Crippen molar-refractivity contribution in [3.8, 4) is 0 Å². The molecular formula is C10H15N3O6. The highest BCUT2D eigenvalue weighted by Crippen LogP contribution is 2.30. The number of rotatable bonds is 4. The molecule has 0 amide bonds. The van der Waals surface area contributed by atoms with Crippen molar-refractivity contribution < 1.29 is 24.9 Å². The summed E-state index contributed by atoms with van der Waals surface area (Å²) < 4.78 is 6.62. The summed E-state index contributed by atoms with van der Waals surface area (Å²) in [6, 6.07) is 1.18. The minimum atomic E-state index is -1.26. The Bertz CT molecular complexity index is 492. The van der Waals surface area contributed by atoms with Gasteiger partial charge in [-0.15, -0.1) is 0 Å². The monoisotopic (exact) mass is 273 g/mol. The molecule has 1 fully saturated rings. The number of nitrogens with zero attached hydrogens (tertiary/aromatic N) is 2. The molecule has 4 N–H and O–H groups in total. The number of aromatic nitrogens is 2. The molecule has 0 aromatic carbocycles. The third-order valence-corrected chi connectivity index (χ3v) is 2.82. The molecule has 0 spiro atoms. The van der Waals surface area contributed by atoms with Crippen molar-refractivity contribution in [2.24, 2.45) is 0 Å². The van der Waals surface area contributed by atoms with Crippen molar-refractivity contribution in [2.75, 3.05) is 19.2 Å². The van der Waals surface area contributed by atoms with Crippen LogP contribution in [0.15, 0.2) is 17.1 Å². The molecule has 19 heavy (non-hydrogen) atoms. The van der Waals surface area contributed by atoms with E-state index < -0.39 is 36.7 Å². The zero-order chi connectivity index (χ0) is 14.0. The molecule has 0 aliphatic carbocycles. The molecule has 106 valence electrons. The van der Waals surface area contributed by atoms with E-state index in [2.05, 4.69) is 15.3 Å². The lowest BCUT2D eigenvalue weighted by Gasteiger charge is -2.20. The van der Waals surface area contributed by atoms with Crippen LogP contribution in [0.2, 0.25) is 0 Å². The van der Waals surface area contributed by atoms with E-state index in [0.29, 0.717) is 0 Å². The van der Waals surface area contributed by atoms with Gasteiger partial charge in [-0.2, -0.15) is 4.98 Å². The molecule has 1 aliphatic heterocycles. The normalized spacial score (nSPS) is 30.5. The van der Waals surface area contributed by atoms with Gasteiger partial charge in [0.2, 0.25) is 5.95 Å². The average molecular weight is 273 g/mol. The van der Waals surface area contributed by atoms with Gasteiger partial charge in [0.15, 0.2) is 6.23 Å². The first kappa shape index (κ1) is 13.9. The topological polar surface area (TPSA) is 126 Å². The van der Waals surface area contributed by atoms with Crippen LogP contribution in [0.1, 0.15) is 6.23 Å². The number of aliphatic hydroxyl groups excluding tert-OH is 3. The van der Waals surface area contributed by atoms with Gasteiger partial charge < -0.3 is 20.1 Å².